The maximum atomic E-state index is 11.6. The standard InChI is InChI=1S/C11H14ClNO2S/c1-16-6-2-5-13-11(15)9-7-8(12)3-4-10(9)14/h3-4,7,14H,2,5-6H2,1H3,(H,13,15). The van der Waals surface area contributed by atoms with Crippen LogP contribution in [0.3, 0.4) is 0 Å². The number of hydrogen-bond donors (Lipinski definition) is 2. The number of halogens is 1. The topological polar surface area (TPSA) is 49.3 Å². The van der Waals surface area contributed by atoms with Gasteiger partial charge in [0.1, 0.15) is 5.75 Å². The normalized spacial score (nSPS) is 10.1. The van der Waals surface area contributed by atoms with E-state index in [0.717, 1.165) is 12.2 Å². The fourth-order valence-electron chi connectivity index (χ4n) is 1.20. The average Bonchev–Trinajstić information content (AvgIpc) is 2.27. The van der Waals surface area contributed by atoms with Gasteiger partial charge in [-0.15, -0.1) is 0 Å². The second-order valence-electron chi connectivity index (χ2n) is 3.26. The van der Waals surface area contributed by atoms with Gasteiger partial charge in [-0.3, -0.25) is 4.79 Å². The Hall–Kier alpha value is -0.870. The number of carbonyl (C=O) groups excluding carboxylic acids is 1. The van der Waals surface area contributed by atoms with Crippen molar-refractivity contribution in [3.05, 3.63) is 28.8 Å². The highest BCUT2D eigenvalue weighted by Gasteiger charge is 2.10. The minimum Gasteiger partial charge on any atom is -0.507 e. The first-order chi connectivity index (χ1) is 7.65. The van der Waals surface area contributed by atoms with Crippen LogP contribution in [0, 0.1) is 0 Å². The van der Waals surface area contributed by atoms with Gasteiger partial charge in [-0.05, 0) is 36.6 Å². The lowest BCUT2D eigenvalue weighted by atomic mass is 10.2. The number of phenolic OH excluding ortho intramolecular Hbond substituents is 1. The Labute approximate surface area is 104 Å². The quantitative estimate of drug-likeness (QED) is 0.799. The summed E-state index contributed by atoms with van der Waals surface area (Å²) >= 11 is 7.48. The van der Waals surface area contributed by atoms with E-state index in [2.05, 4.69) is 5.32 Å². The molecule has 0 aliphatic rings. The molecule has 1 aromatic carbocycles. The van der Waals surface area contributed by atoms with Crippen LogP contribution in [0.5, 0.6) is 5.75 Å². The molecule has 16 heavy (non-hydrogen) atoms. The van der Waals surface area contributed by atoms with E-state index in [0.29, 0.717) is 11.6 Å². The molecule has 5 heteroatoms. The summed E-state index contributed by atoms with van der Waals surface area (Å²) in [5.74, 6) is 0.662. The van der Waals surface area contributed by atoms with E-state index < -0.39 is 0 Å². The Bertz CT molecular complexity index is 371. The zero-order valence-corrected chi connectivity index (χ0v) is 10.6. The van der Waals surface area contributed by atoms with E-state index in [4.69, 9.17) is 11.6 Å². The SMILES string of the molecule is CSCCCNC(=O)c1cc(Cl)ccc1O. The molecule has 0 aromatic heterocycles. The lowest BCUT2D eigenvalue weighted by molar-refractivity contribution is 0.0951. The molecular weight excluding hydrogens is 246 g/mol. The van der Waals surface area contributed by atoms with Crippen LogP contribution in [0.1, 0.15) is 16.8 Å². The van der Waals surface area contributed by atoms with E-state index in [-0.39, 0.29) is 17.2 Å². The van der Waals surface area contributed by atoms with Crippen LogP contribution in [-0.4, -0.2) is 29.6 Å². The fraction of sp³-hybridized carbons (Fsp3) is 0.364. The van der Waals surface area contributed by atoms with Crippen LogP contribution < -0.4 is 5.32 Å². The number of benzene rings is 1. The number of thioether (sulfide) groups is 1. The van der Waals surface area contributed by atoms with Crippen LogP contribution in [-0.2, 0) is 0 Å². The number of nitrogens with one attached hydrogen (secondary N) is 1. The summed E-state index contributed by atoms with van der Waals surface area (Å²) in [7, 11) is 0. The fourth-order valence-corrected chi connectivity index (χ4v) is 1.81. The van der Waals surface area contributed by atoms with Gasteiger partial charge in [-0.2, -0.15) is 11.8 Å². The molecule has 0 saturated heterocycles. The first-order valence-corrected chi connectivity index (χ1v) is 6.68. The molecule has 0 radical (unpaired) electrons. The number of rotatable bonds is 5. The molecule has 2 N–H and O–H groups in total. The lowest BCUT2D eigenvalue weighted by Gasteiger charge is -2.06. The third kappa shape index (κ3) is 3.94. The summed E-state index contributed by atoms with van der Waals surface area (Å²) in [5.41, 5.74) is 0.219. The molecule has 88 valence electrons. The van der Waals surface area contributed by atoms with Crippen molar-refractivity contribution >= 4 is 29.3 Å². The smallest absolute Gasteiger partial charge is 0.255 e. The second kappa shape index (κ2) is 6.66. The zero-order chi connectivity index (χ0) is 12.0. The van der Waals surface area contributed by atoms with Crippen molar-refractivity contribution in [1.82, 2.24) is 5.32 Å². The molecule has 0 heterocycles. The molecule has 0 aliphatic carbocycles. The Morgan fingerprint density at radius 2 is 2.31 bits per heavy atom. The van der Waals surface area contributed by atoms with Gasteiger partial charge in [0.15, 0.2) is 0 Å². The van der Waals surface area contributed by atoms with Crippen molar-refractivity contribution in [2.45, 2.75) is 6.42 Å². The summed E-state index contributed by atoms with van der Waals surface area (Å²) in [4.78, 5) is 11.6. The van der Waals surface area contributed by atoms with E-state index >= 15 is 0 Å². The largest absolute Gasteiger partial charge is 0.507 e. The van der Waals surface area contributed by atoms with Crippen LogP contribution in [0.25, 0.3) is 0 Å². The Morgan fingerprint density at radius 1 is 1.56 bits per heavy atom. The summed E-state index contributed by atoms with van der Waals surface area (Å²) in [6.07, 6.45) is 2.93. The van der Waals surface area contributed by atoms with Crippen LogP contribution in [0.2, 0.25) is 5.02 Å². The van der Waals surface area contributed by atoms with Crippen molar-refractivity contribution in [2.24, 2.45) is 0 Å². The predicted molar refractivity (Wildman–Crippen MR) is 68.4 cm³/mol. The molecule has 0 spiro atoms. The molecule has 0 saturated carbocycles. The van der Waals surface area contributed by atoms with Gasteiger partial charge >= 0.3 is 0 Å². The molecule has 1 aromatic rings. The van der Waals surface area contributed by atoms with E-state index in [1.807, 2.05) is 6.26 Å². The molecule has 0 bridgehead atoms. The summed E-state index contributed by atoms with van der Waals surface area (Å²) in [6.45, 7) is 0.603. The second-order valence-corrected chi connectivity index (χ2v) is 4.69. The van der Waals surface area contributed by atoms with Crippen molar-refractivity contribution in [1.29, 1.82) is 0 Å². The van der Waals surface area contributed by atoms with Gasteiger partial charge in [0.2, 0.25) is 0 Å². The summed E-state index contributed by atoms with van der Waals surface area (Å²) < 4.78 is 0. The van der Waals surface area contributed by atoms with E-state index in [1.165, 1.54) is 12.1 Å². The number of amides is 1. The third-order valence-electron chi connectivity index (χ3n) is 2.01. The van der Waals surface area contributed by atoms with Crippen molar-refractivity contribution in [3.63, 3.8) is 0 Å². The average molecular weight is 260 g/mol. The zero-order valence-electron chi connectivity index (χ0n) is 9.00. The minimum atomic E-state index is -0.291. The van der Waals surface area contributed by atoms with Gasteiger partial charge in [0.05, 0.1) is 5.56 Å². The lowest BCUT2D eigenvalue weighted by Crippen LogP contribution is -2.24. The van der Waals surface area contributed by atoms with Gasteiger partial charge < -0.3 is 10.4 Å². The van der Waals surface area contributed by atoms with Crippen molar-refractivity contribution < 1.29 is 9.90 Å². The third-order valence-corrected chi connectivity index (χ3v) is 2.95. The Balaban J connectivity index is 2.55. The maximum Gasteiger partial charge on any atom is 0.255 e. The molecular formula is C11H14ClNO2S. The molecule has 1 amide bonds. The molecule has 3 nitrogen and oxygen atoms in total. The molecule has 1 rings (SSSR count). The predicted octanol–water partition coefficient (Wildman–Crippen LogP) is 2.53. The van der Waals surface area contributed by atoms with Gasteiger partial charge in [-0.1, -0.05) is 11.6 Å². The van der Waals surface area contributed by atoms with E-state index in [1.54, 1.807) is 17.8 Å². The molecule has 0 unspecified atom stereocenters. The first-order valence-electron chi connectivity index (χ1n) is 4.91. The molecule has 0 atom stereocenters. The highest BCUT2D eigenvalue weighted by atomic mass is 35.5. The number of carbonyl (C=O) groups is 1. The first kappa shape index (κ1) is 13.2. The Morgan fingerprint density at radius 3 is 3.00 bits per heavy atom. The van der Waals surface area contributed by atoms with E-state index in [9.17, 15) is 9.90 Å². The maximum absolute atomic E-state index is 11.6. The van der Waals surface area contributed by atoms with Crippen molar-refractivity contribution in [2.75, 3.05) is 18.6 Å². The highest BCUT2D eigenvalue weighted by molar-refractivity contribution is 7.98. The summed E-state index contributed by atoms with van der Waals surface area (Å²) in [6, 6.07) is 4.42. The summed E-state index contributed by atoms with van der Waals surface area (Å²) in [5, 5.41) is 12.7. The Kier molecular flexibility index (Phi) is 5.49. The number of hydrogen-bond acceptors (Lipinski definition) is 3. The van der Waals surface area contributed by atoms with Crippen LogP contribution >= 0.6 is 23.4 Å². The number of aromatic hydroxyl groups is 1. The minimum absolute atomic E-state index is 0.0493. The van der Waals surface area contributed by atoms with Crippen LogP contribution in [0.4, 0.5) is 0 Å². The van der Waals surface area contributed by atoms with Gasteiger partial charge in [0, 0.05) is 11.6 Å². The van der Waals surface area contributed by atoms with Crippen LogP contribution in [0.15, 0.2) is 18.2 Å². The van der Waals surface area contributed by atoms with Gasteiger partial charge in [-0.25, -0.2) is 0 Å². The molecule has 0 aliphatic heterocycles. The van der Waals surface area contributed by atoms with Gasteiger partial charge in [0.25, 0.3) is 5.91 Å². The monoisotopic (exact) mass is 259 g/mol. The number of phenols is 1. The highest BCUT2D eigenvalue weighted by Crippen LogP contribution is 2.21. The molecule has 0 fully saturated rings. The van der Waals surface area contributed by atoms with Crippen molar-refractivity contribution in [3.8, 4) is 5.75 Å².